The summed E-state index contributed by atoms with van der Waals surface area (Å²) in [6, 6.07) is 7.97. The molecule has 3 aromatic heterocycles. The zero-order valence-electron chi connectivity index (χ0n) is 15.3. The van der Waals surface area contributed by atoms with Gasteiger partial charge in [-0.15, -0.1) is 0 Å². The molecular weight excluding hydrogens is 376 g/mol. The summed E-state index contributed by atoms with van der Waals surface area (Å²) in [4.78, 5) is 33.0. The number of carbonyl (C=O) groups is 1. The summed E-state index contributed by atoms with van der Waals surface area (Å²) >= 11 is 1.28. The van der Waals surface area contributed by atoms with Gasteiger partial charge in [0.15, 0.2) is 21.9 Å². The number of thiazole rings is 1. The molecule has 0 N–H and O–H groups in total. The predicted octanol–water partition coefficient (Wildman–Crippen LogP) is 2.64. The first-order valence-corrected chi connectivity index (χ1v) is 10.0. The number of carbonyl (C=O) groups excluding carboxylic acids is 1. The van der Waals surface area contributed by atoms with Gasteiger partial charge in [0.25, 0.3) is 0 Å². The van der Waals surface area contributed by atoms with Crippen LogP contribution < -0.4 is 4.90 Å². The second-order valence-electron chi connectivity index (χ2n) is 6.48. The van der Waals surface area contributed by atoms with E-state index in [0.717, 1.165) is 48.5 Å². The van der Waals surface area contributed by atoms with Crippen LogP contribution in [0.4, 0.5) is 5.82 Å². The third-order valence-corrected chi connectivity index (χ3v) is 5.68. The molecule has 28 heavy (non-hydrogen) atoms. The summed E-state index contributed by atoms with van der Waals surface area (Å²) in [5.41, 5.74) is 2.54. The zero-order chi connectivity index (χ0) is 19.1. The Balaban J connectivity index is 1.77. The smallest absolute Gasteiger partial charge is 0.239 e. The van der Waals surface area contributed by atoms with Crippen LogP contribution in [0.1, 0.15) is 22.6 Å². The van der Waals surface area contributed by atoms with Crippen molar-refractivity contribution in [2.75, 3.05) is 31.2 Å². The number of anilines is 1. The Labute approximate surface area is 164 Å². The first-order valence-electron chi connectivity index (χ1n) is 9.21. The van der Waals surface area contributed by atoms with Crippen molar-refractivity contribution in [3.63, 3.8) is 0 Å². The van der Waals surface area contributed by atoms with E-state index in [4.69, 9.17) is 19.7 Å². The maximum absolute atomic E-state index is 11.3. The number of para-hydroxylation sites is 2. The highest BCUT2D eigenvalue weighted by molar-refractivity contribution is 7.19. The van der Waals surface area contributed by atoms with E-state index in [2.05, 4.69) is 16.8 Å². The highest BCUT2D eigenvalue weighted by Crippen LogP contribution is 2.30. The number of imidazole rings is 1. The molecule has 8 nitrogen and oxygen atoms in total. The Hall–Kier alpha value is -2.91. The van der Waals surface area contributed by atoms with Crippen LogP contribution in [0.25, 0.3) is 27.3 Å². The molecule has 0 spiro atoms. The zero-order valence-corrected chi connectivity index (χ0v) is 16.1. The van der Waals surface area contributed by atoms with E-state index in [1.54, 1.807) is 0 Å². The van der Waals surface area contributed by atoms with Crippen LogP contribution in [0.5, 0.6) is 0 Å². The summed E-state index contributed by atoms with van der Waals surface area (Å²) in [6.07, 6.45) is 1.52. The number of benzene rings is 1. The molecule has 0 aliphatic carbocycles. The highest BCUT2D eigenvalue weighted by atomic mass is 32.1. The average Bonchev–Trinajstić information content (AvgIpc) is 3.34. The molecule has 0 amide bonds. The molecule has 1 aliphatic rings. The second kappa shape index (κ2) is 6.92. The molecule has 1 saturated heterocycles. The maximum Gasteiger partial charge on any atom is 0.239 e. The maximum atomic E-state index is 11.3. The topological polar surface area (TPSA) is 86.0 Å². The third-order valence-electron chi connectivity index (χ3n) is 4.80. The van der Waals surface area contributed by atoms with Gasteiger partial charge in [0, 0.05) is 19.5 Å². The molecule has 4 heterocycles. The lowest BCUT2D eigenvalue weighted by atomic mass is 10.3. The molecule has 142 valence electrons. The summed E-state index contributed by atoms with van der Waals surface area (Å²) in [7, 11) is 0. The normalized spacial score (nSPS) is 14.8. The van der Waals surface area contributed by atoms with E-state index >= 15 is 0 Å². The number of aromatic nitrogens is 5. The predicted molar refractivity (Wildman–Crippen MR) is 108 cm³/mol. The van der Waals surface area contributed by atoms with Gasteiger partial charge < -0.3 is 9.64 Å². The quantitative estimate of drug-likeness (QED) is 0.492. The summed E-state index contributed by atoms with van der Waals surface area (Å²) < 4.78 is 7.48. The Bertz CT molecular complexity index is 1180. The lowest BCUT2D eigenvalue weighted by Crippen LogP contribution is -2.37. The lowest BCUT2D eigenvalue weighted by molar-refractivity contribution is 0.112. The molecular formula is C19H18N6O2S. The van der Waals surface area contributed by atoms with Crippen molar-refractivity contribution < 1.29 is 9.53 Å². The van der Waals surface area contributed by atoms with Crippen molar-refractivity contribution in [1.29, 1.82) is 0 Å². The molecule has 4 aromatic rings. The van der Waals surface area contributed by atoms with Crippen LogP contribution in [-0.2, 0) is 11.2 Å². The van der Waals surface area contributed by atoms with Gasteiger partial charge in [-0.3, -0.25) is 9.36 Å². The molecule has 0 unspecified atom stereocenters. The van der Waals surface area contributed by atoms with Gasteiger partial charge in [-0.2, -0.15) is 9.97 Å². The van der Waals surface area contributed by atoms with Gasteiger partial charge in [0.05, 0.1) is 24.2 Å². The minimum atomic E-state index is 0.405. The number of nitrogens with zero attached hydrogens (tertiary/aromatic N) is 6. The largest absolute Gasteiger partial charge is 0.378 e. The molecule has 1 aromatic carbocycles. The van der Waals surface area contributed by atoms with Crippen molar-refractivity contribution >= 4 is 44.8 Å². The minimum Gasteiger partial charge on any atom is -0.378 e. The molecule has 0 bridgehead atoms. The Morgan fingerprint density at radius 3 is 2.75 bits per heavy atom. The molecule has 0 saturated carbocycles. The molecule has 5 rings (SSSR count). The third kappa shape index (κ3) is 2.74. The number of hydrogen-bond acceptors (Lipinski definition) is 8. The Kier molecular flexibility index (Phi) is 4.25. The molecule has 1 fully saturated rings. The van der Waals surface area contributed by atoms with Crippen molar-refractivity contribution in [1.82, 2.24) is 24.5 Å². The van der Waals surface area contributed by atoms with E-state index < -0.39 is 0 Å². The summed E-state index contributed by atoms with van der Waals surface area (Å²) in [5, 5.41) is 0.405. The van der Waals surface area contributed by atoms with Crippen LogP contribution in [0.15, 0.2) is 24.3 Å². The number of aryl methyl sites for hydroxylation is 1. The Morgan fingerprint density at radius 1 is 1.14 bits per heavy atom. The van der Waals surface area contributed by atoms with E-state index in [1.807, 2.05) is 28.8 Å². The Morgan fingerprint density at radius 2 is 1.96 bits per heavy atom. The van der Waals surface area contributed by atoms with E-state index in [-0.39, 0.29) is 0 Å². The van der Waals surface area contributed by atoms with Crippen LogP contribution in [0.2, 0.25) is 0 Å². The number of rotatable bonds is 4. The summed E-state index contributed by atoms with van der Waals surface area (Å²) in [6.45, 7) is 4.80. The fraction of sp³-hybridized carbons (Fsp3) is 0.316. The summed E-state index contributed by atoms with van der Waals surface area (Å²) in [5.74, 6) is 2.20. The van der Waals surface area contributed by atoms with Gasteiger partial charge in [0.2, 0.25) is 5.95 Å². The van der Waals surface area contributed by atoms with Crippen LogP contribution in [0.3, 0.4) is 0 Å². The number of ether oxygens (including phenoxy) is 1. The monoisotopic (exact) mass is 394 g/mol. The number of hydrogen-bond donors (Lipinski definition) is 0. The van der Waals surface area contributed by atoms with Crippen LogP contribution in [0, 0.1) is 0 Å². The average molecular weight is 394 g/mol. The van der Waals surface area contributed by atoms with Crippen LogP contribution >= 0.6 is 11.3 Å². The fourth-order valence-corrected chi connectivity index (χ4v) is 4.24. The number of aldehydes is 1. The van der Waals surface area contributed by atoms with Gasteiger partial charge in [-0.05, 0) is 12.1 Å². The first-order chi connectivity index (χ1) is 13.8. The second-order valence-corrected chi connectivity index (χ2v) is 7.49. The van der Waals surface area contributed by atoms with E-state index in [0.29, 0.717) is 34.5 Å². The van der Waals surface area contributed by atoms with E-state index in [1.165, 1.54) is 11.3 Å². The minimum absolute atomic E-state index is 0.405. The van der Waals surface area contributed by atoms with Crippen molar-refractivity contribution in [2.24, 2.45) is 0 Å². The molecule has 1 aliphatic heterocycles. The van der Waals surface area contributed by atoms with Gasteiger partial charge in [-0.25, -0.2) is 9.97 Å². The van der Waals surface area contributed by atoms with Gasteiger partial charge >= 0.3 is 0 Å². The number of morpholine rings is 1. The standard InChI is InChI=1S/C19H18N6O2S/c1-2-14-20-12-5-3-4-6-13(12)25(14)19-22-17(24-7-9-27-10-8-24)16-18(23-19)28-15(11-26)21-16/h3-6,11H,2,7-10H2,1H3. The SMILES string of the molecule is CCc1nc2ccccc2n1-c1nc(N2CCOCC2)c2nc(C=O)sc2n1. The number of fused-ring (bicyclic) bond motifs is 2. The van der Waals surface area contributed by atoms with Gasteiger partial charge in [-0.1, -0.05) is 30.4 Å². The molecule has 9 heteroatoms. The highest BCUT2D eigenvalue weighted by Gasteiger charge is 2.22. The van der Waals surface area contributed by atoms with Crippen molar-refractivity contribution in [2.45, 2.75) is 13.3 Å². The van der Waals surface area contributed by atoms with Crippen molar-refractivity contribution in [3.05, 3.63) is 35.1 Å². The van der Waals surface area contributed by atoms with Crippen LogP contribution in [-0.4, -0.2) is 57.1 Å². The lowest BCUT2D eigenvalue weighted by Gasteiger charge is -2.28. The fourth-order valence-electron chi connectivity index (χ4n) is 3.50. The molecule has 0 atom stereocenters. The van der Waals surface area contributed by atoms with E-state index in [9.17, 15) is 4.79 Å². The first kappa shape index (κ1) is 17.2. The van der Waals surface area contributed by atoms with Crippen molar-refractivity contribution in [3.8, 4) is 5.95 Å². The molecule has 0 radical (unpaired) electrons. The van der Waals surface area contributed by atoms with Gasteiger partial charge in [0.1, 0.15) is 11.3 Å².